The molecule has 132 valence electrons. The Kier molecular flexibility index (Phi) is 5.45. The van der Waals surface area contributed by atoms with E-state index in [0.29, 0.717) is 6.54 Å². The van der Waals surface area contributed by atoms with Gasteiger partial charge in [0.25, 0.3) is 0 Å². The molecule has 0 saturated heterocycles. The van der Waals surface area contributed by atoms with Gasteiger partial charge in [-0.2, -0.15) is 0 Å². The second-order valence-corrected chi connectivity index (χ2v) is 7.84. The van der Waals surface area contributed by atoms with Crippen LogP contribution >= 0.6 is 0 Å². The third-order valence-corrected chi connectivity index (χ3v) is 5.55. The summed E-state index contributed by atoms with van der Waals surface area (Å²) in [6, 6.07) is 12.2. The van der Waals surface area contributed by atoms with Gasteiger partial charge >= 0.3 is 0 Å². The van der Waals surface area contributed by atoms with Crippen molar-refractivity contribution in [1.29, 1.82) is 0 Å². The lowest BCUT2D eigenvalue weighted by Crippen LogP contribution is -2.35. The zero-order valence-electron chi connectivity index (χ0n) is 13.8. The van der Waals surface area contributed by atoms with Gasteiger partial charge in [0.05, 0.1) is 4.90 Å². The van der Waals surface area contributed by atoms with Gasteiger partial charge in [-0.25, -0.2) is 13.1 Å². The number of rotatable bonds is 8. The zero-order valence-corrected chi connectivity index (χ0v) is 14.7. The summed E-state index contributed by atoms with van der Waals surface area (Å²) < 4.78 is 26.8. The lowest BCUT2D eigenvalue weighted by Gasteiger charge is -2.22. The number of nitrogens with zero attached hydrogens (tertiary/aromatic N) is 2. The molecule has 0 unspecified atom stereocenters. The van der Waals surface area contributed by atoms with E-state index in [2.05, 4.69) is 9.71 Å². The topological polar surface area (TPSA) is 79.4 Å². The van der Waals surface area contributed by atoms with E-state index in [0.717, 1.165) is 18.4 Å². The lowest BCUT2D eigenvalue weighted by atomic mass is 10.2. The first-order valence-electron chi connectivity index (χ1n) is 8.29. The third-order valence-electron chi connectivity index (χ3n) is 4.07. The first-order valence-corrected chi connectivity index (χ1v) is 9.78. The van der Waals surface area contributed by atoms with Gasteiger partial charge in [0.15, 0.2) is 0 Å². The van der Waals surface area contributed by atoms with Gasteiger partial charge in [0.1, 0.15) is 0 Å². The van der Waals surface area contributed by atoms with Gasteiger partial charge in [-0.3, -0.25) is 9.78 Å². The normalized spacial score (nSPS) is 14.2. The second-order valence-electron chi connectivity index (χ2n) is 6.07. The van der Waals surface area contributed by atoms with E-state index in [-0.39, 0.29) is 29.8 Å². The van der Waals surface area contributed by atoms with Crippen LogP contribution in [0.4, 0.5) is 0 Å². The van der Waals surface area contributed by atoms with Crippen molar-refractivity contribution in [1.82, 2.24) is 14.6 Å². The number of benzene rings is 1. The van der Waals surface area contributed by atoms with Crippen LogP contribution in [0.15, 0.2) is 59.8 Å². The quantitative estimate of drug-likeness (QED) is 0.781. The maximum Gasteiger partial charge on any atom is 0.240 e. The monoisotopic (exact) mass is 359 g/mol. The molecule has 0 spiro atoms. The van der Waals surface area contributed by atoms with Crippen LogP contribution in [0, 0.1) is 0 Å². The number of pyridine rings is 1. The van der Waals surface area contributed by atoms with Gasteiger partial charge in [-0.1, -0.05) is 24.3 Å². The molecule has 1 aliphatic rings. The average molecular weight is 359 g/mol. The standard InChI is InChI=1S/C18H21N3O3S/c22-18(10-12-20-25(23,24)17-6-2-1-3-7-17)21(16-8-9-16)14-15-5-4-11-19-13-15/h1-7,11,13,16,20H,8-10,12,14H2. The smallest absolute Gasteiger partial charge is 0.240 e. The highest BCUT2D eigenvalue weighted by Gasteiger charge is 2.32. The van der Waals surface area contributed by atoms with Crippen LogP contribution in [-0.2, 0) is 21.4 Å². The van der Waals surface area contributed by atoms with Crippen molar-refractivity contribution in [2.24, 2.45) is 0 Å². The fourth-order valence-electron chi connectivity index (χ4n) is 2.61. The maximum absolute atomic E-state index is 12.5. The minimum atomic E-state index is -3.58. The summed E-state index contributed by atoms with van der Waals surface area (Å²) >= 11 is 0. The number of sulfonamides is 1. The highest BCUT2D eigenvalue weighted by Crippen LogP contribution is 2.28. The number of carbonyl (C=O) groups excluding carboxylic acids is 1. The van der Waals surface area contributed by atoms with Crippen molar-refractivity contribution >= 4 is 15.9 Å². The highest BCUT2D eigenvalue weighted by molar-refractivity contribution is 7.89. The molecule has 1 fully saturated rings. The molecule has 0 atom stereocenters. The summed E-state index contributed by atoms with van der Waals surface area (Å²) in [4.78, 5) is 18.6. The van der Waals surface area contributed by atoms with E-state index in [1.165, 1.54) is 12.1 Å². The number of amides is 1. The molecule has 2 aromatic rings. The molecule has 6 nitrogen and oxygen atoms in total. The number of aromatic nitrogens is 1. The van der Waals surface area contributed by atoms with E-state index < -0.39 is 10.0 Å². The van der Waals surface area contributed by atoms with Crippen molar-refractivity contribution in [3.05, 3.63) is 60.4 Å². The van der Waals surface area contributed by atoms with Crippen LogP contribution < -0.4 is 4.72 Å². The minimum Gasteiger partial charge on any atom is -0.335 e. The molecule has 1 aliphatic carbocycles. The van der Waals surface area contributed by atoms with E-state index >= 15 is 0 Å². The predicted molar refractivity (Wildman–Crippen MR) is 94.1 cm³/mol. The Morgan fingerprint density at radius 1 is 1.16 bits per heavy atom. The fourth-order valence-corrected chi connectivity index (χ4v) is 3.67. The largest absolute Gasteiger partial charge is 0.335 e. The van der Waals surface area contributed by atoms with Crippen LogP contribution in [0.1, 0.15) is 24.8 Å². The Hall–Kier alpha value is -2.25. The molecule has 1 aromatic heterocycles. The summed E-state index contributed by atoms with van der Waals surface area (Å²) in [5.74, 6) is -0.0397. The lowest BCUT2D eigenvalue weighted by molar-refractivity contribution is -0.132. The number of carbonyl (C=O) groups is 1. The van der Waals surface area contributed by atoms with E-state index in [1.807, 2.05) is 17.0 Å². The maximum atomic E-state index is 12.5. The molecule has 1 heterocycles. The summed E-state index contributed by atoms with van der Waals surface area (Å²) in [6.07, 6.45) is 5.60. The average Bonchev–Trinajstić information content (AvgIpc) is 3.46. The summed E-state index contributed by atoms with van der Waals surface area (Å²) in [5, 5.41) is 0. The molecule has 0 aliphatic heterocycles. The number of hydrogen-bond donors (Lipinski definition) is 1. The van der Waals surface area contributed by atoms with Gasteiger partial charge in [-0.15, -0.1) is 0 Å². The molecule has 0 bridgehead atoms. The van der Waals surface area contributed by atoms with E-state index in [1.54, 1.807) is 30.6 Å². The van der Waals surface area contributed by atoms with E-state index in [4.69, 9.17) is 0 Å². The Bertz CT molecular complexity index is 806. The molecular weight excluding hydrogens is 338 g/mol. The minimum absolute atomic E-state index is 0.0397. The van der Waals surface area contributed by atoms with Crippen molar-refractivity contribution in [3.8, 4) is 0 Å². The van der Waals surface area contributed by atoms with Gasteiger partial charge in [0, 0.05) is 37.9 Å². The summed E-state index contributed by atoms with van der Waals surface area (Å²) in [6.45, 7) is 0.606. The molecule has 1 aromatic carbocycles. The Morgan fingerprint density at radius 2 is 1.92 bits per heavy atom. The molecule has 1 amide bonds. The Morgan fingerprint density at radius 3 is 2.56 bits per heavy atom. The van der Waals surface area contributed by atoms with Crippen LogP contribution in [0.5, 0.6) is 0 Å². The summed E-state index contributed by atoms with van der Waals surface area (Å²) in [7, 11) is -3.58. The Balaban J connectivity index is 1.55. The van der Waals surface area contributed by atoms with Gasteiger partial charge in [0.2, 0.25) is 15.9 Å². The second kappa shape index (κ2) is 7.76. The molecule has 1 N–H and O–H groups in total. The number of hydrogen-bond acceptors (Lipinski definition) is 4. The van der Waals surface area contributed by atoms with Crippen molar-refractivity contribution in [3.63, 3.8) is 0 Å². The third kappa shape index (κ3) is 4.87. The van der Waals surface area contributed by atoms with Gasteiger partial charge in [-0.05, 0) is 36.6 Å². The summed E-state index contributed by atoms with van der Waals surface area (Å²) in [5.41, 5.74) is 0.979. The van der Waals surface area contributed by atoms with Crippen LogP contribution in [0.3, 0.4) is 0 Å². The zero-order chi connectivity index (χ0) is 17.7. The molecule has 0 radical (unpaired) electrons. The predicted octanol–water partition coefficient (Wildman–Crippen LogP) is 1.94. The van der Waals surface area contributed by atoms with Crippen molar-refractivity contribution in [2.75, 3.05) is 6.54 Å². The molecular formula is C18H21N3O3S. The van der Waals surface area contributed by atoms with Crippen LogP contribution in [0.25, 0.3) is 0 Å². The molecule has 1 saturated carbocycles. The highest BCUT2D eigenvalue weighted by atomic mass is 32.2. The Labute approximate surface area is 147 Å². The number of nitrogens with one attached hydrogen (secondary N) is 1. The van der Waals surface area contributed by atoms with E-state index in [9.17, 15) is 13.2 Å². The SMILES string of the molecule is O=C(CCNS(=O)(=O)c1ccccc1)N(Cc1cccnc1)C1CC1. The van der Waals surface area contributed by atoms with Crippen molar-refractivity contribution in [2.45, 2.75) is 36.7 Å². The van der Waals surface area contributed by atoms with Crippen molar-refractivity contribution < 1.29 is 13.2 Å². The van der Waals surface area contributed by atoms with Crippen LogP contribution in [0.2, 0.25) is 0 Å². The van der Waals surface area contributed by atoms with Gasteiger partial charge < -0.3 is 4.90 Å². The first kappa shape index (κ1) is 17.6. The molecule has 25 heavy (non-hydrogen) atoms. The first-order chi connectivity index (χ1) is 12.1. The van der Waals surface area contributed by atoms with Crippen LogP contribution in [-0.4, -0.2) is 36.8 Å². The molecule has 3 rings (SSSR count). The molecule has 7 heteroatoms. The fraction of sp³-hybridized carbons (Fsp3) is 0.333.